The highest BCUT2D eigenvalue weighted by atomic mass is 32.2. The zero-order chi connectivity index (χ0) is 19.2. The first-order valence-electron chi connectivity index (χ1n) is 8.65. The van der Waals surface area contributed by atoms with Crippen molar-refractivity contribution in [1.82, 2.24) is 15.6 Å². The van der Waals surface area contributed by atoms with Crippen molar-refractivity contribution in [3.63, 3.8) is 0 Å². The van der Waals surface area contributed by atoms with Gasteiger partial charge in [0.25, 0.3) is 5.91 Å². The lowest BCUT2D eigenvalue weighted by atomic mass is 10.0. The molecule has 2 aliphatic rings. The molecule has 0 saturated heterocycles. The van der Waals surface area contributed by atoms with Gasteiger partial charge in [-0.05, 0) is 32.3 Å². The van der Waals surface area contributed by atoms with Gasteiger partial charge in [-0.3, -0.25) is 15.1 Å². The van der Waals surface area contributed by atoms with Crippen molar-refractivity contribution in [3.8, 4) is 0 Å². The van der Waals surface area contributed by atoms with Gasteiger partial charge in [0.2, 0.25) is 0 Å². The average molecular weight is 389 g/mol. The van der Waals surface area contributed by atoms with Crippen LogP contribution in [0.1, 0.15) is 37.8 Å². The summed E-state index contributed by atoms with van der Waals surface area (Å²) < 4.78 is 0. The van der Waals surface area contributed by atoms with Crippen LogP contribution in [0.15, 0.2) is 45.1 Å². The largest absolute Gasteiger partial charge is 0.398 e. The molecule has 1 fully saturated rings. The number of benzene rings is 1. The number of nitrogens with one attached hydrogen (secondary N) is 3. The summed E-state index contributed by atoms with van der Waals surface area (Å²) in [6.45, 7) is 4.10. The number of rotatable bonds is 8. The van der Waals surface area contributed by atoms with E-state index in [0.29, 0.717) is 5.56 Å². The van der Waals surface area contributed by atoms with Crippen LogP contribution in [0.3, 0.4) is 0 Å². The van der Waals surface area contributed by atoms with E-state index in [1.54, 1.807) is 0 Å². The van der Waals surface area contributed by atoms with Crippen molar-refractivity contribution in [2.45, 2.75) is 39.3 Å². The lowest BCUT2D eigenvalue weighted by Crippen LogP contribution is -2.34. The van der Waals surface area contributed by atoms with Gasteiger partial charge in [-0.25, -0.2) is 4.83 Å². The molecule has 0 radical (unpaired) electrons. The second-order valence-electron chi connectivity index (χ2n) is 6.26. The lowest BCUT2D eigenvalue weighted by molar-refractivity contribution is -0.115. The monoisotopic (exact) mass is 389 g/mol. The summed E-state index contributed by atoms with van der Waals surface area (Å²) in [6, 6.07) is 7.72. The quantitative estimate of drug-likeness (QED) is 0.358. The van der Waals surface area contributed by atoms with Gasteiger partial charge in [0.1, 0.15) is 13.7 Å². The summed E-state index contributed by atoms with van der Waals surface area (Å²) in [6.07, 6.45) is 2.01. The van der Waals surface area contributed by atoms with Gasteiger partial charge >= 0.3 is 0 Å². The zero-order valence-corrected chi connectivity index (χ0v) is 16.4. The second-order valence-corrected chi connectivity index (χ2v) is 7.06. The first-order valence-corrected chi connectivity index (χ1v) is 9.47. The van der Waals surface area contributed by atoms with Crippen molar-refractivity contribution in [1.29, 1.82) is 0 Å². The van der Waals surface area contributed by atoms with E-state index < -0.39 is 0 Å². The number of amides is 1. The van der Waals surface area contributed by atoms with E-state index in [2.05, 4.69) is 25.9 Å². The normalized spacial score (nSPS) is 18.5. The molecule has 1 aromatic rings. The Morgan fingerprint density at radius 1 is 1.41 bits per heavy atom. The Hall–Kier alpha value is -2.52. The molecule has 3 N–H and O–H groups in total. The molecule has 0 aromatic heterocycles. The molecule has 1 amide bonds. The molecule has 144 valence electrons. The fraction of sp³-hybridized carbons (Fsp3) is 0.389. The maximum absolute atomic E-state index is 12.5. The molecule has 1 saturated carbocycles. The van der Waals surface area contributed by atoms with Gasteiger partial charge < -0.3 is 10.2 Å². The van der Waals surface area contributed by atoms with E-state index in [-0.39, 0.29) is 24.3 Å². The Labute approximate surface area is 162 Å². The number of hydrogen-bond donors (Lipinski definition) is 3. The summed E-state index contributed by atoms with van der Waals surface area (Å²) in [5.74, 6) is -0.238. The van der Waals surface area contributed by atoms with E-state index in [1.165, 1.54) is 19.1 Å². The van der Waals surface area contributed by atoms with Crippen LogP contribution in [-0.4, -0.2) is 30.5 Å². The minimum atomic E-state index is -0.238. The van der Waals surface area contributed by atoms with Crippen LogP contribution < -0.4 is 15.6 Å². The van der Waals surface area contributed by atoms with E-state index in [0.717, 1.165) is 34.7 Å². The van der Waals surface area contributed by atoms with E-state index in [1.807, 2.05) is 38.1 Å². The Balaban J connectivity index is 1.70. The highest BCUT2D eigenvalue weighted by molar-refractivity contribution is 8.02. The minimum absolute atomic E-state index is 0.237. The maximum atomic E-state index is 12.5. The number of hydrogen-bond acceptors (Lipinski definition) is 8. The maximum Gasteiger partial charge on any atom is 0.274 e. The number of allylic oxidation sites excluding steroid dienone is 2. The van der Waals surface area contributed by atoms with Crippen molar-refractivity contribution >= 4 is 29.3 Å². The summed E-state index contributed by atoms with van der Waals surface area (Å²) in [7, 11) is 1.43. The molecule has 1 aliphatic carbocycles. The Bertz CT molecular complexity index is 802. The molecule has 1 heterocycles. The van der Waals surface area contributed by atoms with Gasteiger partial charge in [-0.1, -0.05) is 29.4 Å². The van der Waals surface area contributed by atoms with E-state index in [4.69, 9.17) is 9.68 Å². The molecule has 0 bridgehead atoms. The number of hydrazone groups is 1. The molecule has 0 atom stereocenters. The fourth-order valence-electron chi connectivity index (χ4n) is 2.54. The molecule has 3 rings (SSSR count). The third-order valence-electron chi connectivity index (χ3n) is 4.07. The summed E-state index contributed by atoms with van der Waals surface area (Å²) >= 11 is 1.43. The highest BCUT2D eigenvalue weighted by Gasteiger charge is 2.27. The SMILES string of the molecule is CO/N=C(/C(=O)NC1CC1)c1ccccc1CONC(C)=C1SNN=C1C. The van der Waals surface area contributed by atoms with Gasteiger partial charge in [0, 0.05) is 23.6 Å². The molecular formula is C18H23N5O3S. The van der Waals surface area contributed by atoms with E-state index in [9.17, 15) is 4.79 Å². The van der Waals surface area contributed by atoms with Gasteiger partial charge in [0.05, 0.1) is 16.3 Å². The first kappa shape index (κ1) is 19.2. The first-order chi connectivity index (χ1) is 13.1. The molecule has 1 aromatic carbocycles. The molecule has 1 aliphatic heterocycles. The number of carbonyl (C=O) groups is 1. The topological polar surface area (TPSA) is 96.3 Å². The zero-order valence-electron chi connectivity index (χ0n) is 15.5. The number of nitrogens with zero attached hydrogens (tertiary/aromatic N) is 2. The summed E-state index contributed by atoms with van der Waals surface area (Å²) in [4.78, 5) is 26.9. The minimum Gasteiger partial charge on any atom is -0.398 e. The van der Waals surface area contributed by atoms with E-state index >= 15 is 0 Å². The van der Waals surface area contributed by atoms with Crippen molar-refractivity contribution in [3.05, 3.63) is 46.0 Å². The second kappa shape index (κ2) is 8.92. The molecule has 0 unspecified atom stereocenters. The molecule has 27 heavy (non-hydrogen) atoms. The van der Waals surface area contributed by atoms with Crippen LogP contribution in [0.2, 0.25) is 0 Å². The van der Waals surface area contributed by atoms with Crippen LogP contribution >= 0.6 is 11.9 Å². The van der Waals surface area contributed by atoms with Gasteiger partial charge in [-0.15, -0.1) is 0 Å². The molecule has 9 heteroatoms. The smallest absolute Gasteiger partial charge is 0.274 e. The van der Waals surface area contributed by atoms with Gasteiger partial charge in [0.15, 0.2) is 5.71 Å². The van der Waals surface area contributed by atoms with Crippen LogP contribution in [0.25, 0.3) is 0 Å². The third-order valence-corrected chi connectivity index (χ3v) is 5.05. The predicted octanol–water partition coefficient (Wildman–Crippen LogP) is 2.20. The standard InChI is InChI=1S/C18H23N5O3S/c1-11-17(27-23-20-11)12(2)21-26-10-13-6-4-5-7-15(13)16(22-25-3)18(24)19-14-8-9-14/h4-7,14,21,23H,8-10H2,1-3H3,(H,19,24)/b17-12?,22-16+. The van der Waals surface area contributed by atoms with Crippen molar-refractivity contribution in [2.24, 2.45) is 10.3 Å². The van der Waals surface area contributed by atoms with Gasteiger partial charge in [-0.2, -0.15) is 5.10 Å². The Morgan fingerprint density at radius 3 is 2.85 bits per heavy atom. The fourth-order valence-corrected chi connectivity index (χ4v) is 3.20. The average Bonchev–Trinajstić information content (AvgIpc) is 3.37. The molecule has 8 nitrogen and oxygen atoms in total. The third kappa shape index (κ3) is 5.01. The van der Waals surface area contributed by atoms with Crippen LogP contribution in [0, 0.1) is 0 Å². The number of oxime groups is 1. The van der Waals surface area contributed by atoms with Crippen molar-refractivity contribution < 1.29 is 14.5 Å². The lowest BCUT2D eigenvalue weighted by Gasteiger charge is -2.13. The highest BCUT2D eigenvalue weighted by Crippen LogP contribution is 2.23. The number of hydroxylamine groups is 1. The van der Waals surface area contributed by atoms with Crippen LogP contribution in [0.5, 0.6) is 0 Å². The van der Waals surface area contributed by atoms with Crippen LogP contribution in [0.4, 0.5) is 0 Å². The molecule has 0 spiro atoms. The predicted molar refractivity (Wildman–Crippen MR) is 106 cm³/mol. The number of carbonyl (C=O) groups excluding carboxylic acids is 1. The van der Waals surface area contributed by atoms with Crippen LogP contribution in [-0.2, 0) is 21.1 Å². The summed E-state index contributed by atoms with van der Waals surface area (Å²) in [5, 5.41) is 11.0. The van der Waals surface area contributed by atoms with Crippen molar-refractivity contribution in [2.75, 3.05) is 7.11 Å². The summed E-state index contributed by atoms with van der Waals surface area (Å²) in [5.41, 5.74) is 6.46. The molecular weight excluding hydrogens is 366 g/mol. The Morgan fingerprint density at radius 2 is 2.19 bits per heavy atom. The Kier molecular flexibility index (Phi) is 6.36.